The van der Waals surface area contributed by atoms with Crippen molar-refractivity contribution in [2.45, 2.75) is 0 Å². The van der Waals surface area contributed by atoms with E-state index in [2.05, 4.69) is 0 Å². The van der Waals surface area contributed by atoms with Crippen molar-refractivity contribution in [3.05, 3.63) is 40.6 Å². The van der Waals surface area contributed by atoms with Crippen molar-refractivity contribution in [2.24, 2.45) is 0 Å². The summed E-state index contributed by atoms with van der Waals surface area (Å²) in [6, 6.07) is 5.43. The quantitative estimate of drug-likeness (QED) is 0.434. The molecule has 5 N–H and O–H groups in total. The number of phenols is 4. The maximum Gasteiger partial charge on any atom is 0.200 e. The predicted molar refractivity (Wildman–Crippen MR) is 75.4 cm³/mol. The molecule has 0 spiro atoms. The van der Waals surface area contributed by atoms with E-state index in [1.165, 1.54) is 6.07 Å². The van der Waals surface area contributed by atoms with Gasteiger partial charge in [0.15, 0.2) is 34.2 Å². The van der Waals surface area contributed by atoms with Crippen LogP contribution < -0.4 is 5.43 Å². The van der Waals surface area contributed by atoms with Gasteiger partial charge in [0, 0.05) is 17.7 Å². The highest BCUT2D eigenvalue weighted by Gasteiger charge is 2.19. The van der Waals surface area contributed by atoms with E-state index in [1.807, 2.05) is 0 Å². The first-order chi connectivity index (χ1) is 10.4. The fourth-order valence-electron chi connectivity index (χ4n) is 2.12. The predicted octanol–water partition coefficient (Wildman–Crippen LogP) is 1.94. The normalized spacial score (nSPS) is 10.9. The molecule has 22 heavy (non-hydrogen) atoms. The van der Waals surface area contributed by atoms with Crippen molar-refractivity contribution in [2.75, 3.05) is 0 Å². The van der Waals surface area contributed by atoms with Gasteiger partial charge in [0.25, 0.3) is 0 Å². The highest BCUT2D eigenvalue weighted by atomic mass is 16.4. The Hall–Kier alpha value is -3.35. The van der Waals surface area contributed by atoms with Crippen LogP contribution in [0.25, 0.3) is 22.6 Å². The maximum absolute atomic E-state index is 11.4. The summed E-state index contributed by atoms with van der Waals surface area (Å²) in [5, 5.41) is 48.0. The summed E-state index contributed by atoms with van der Waals surface area (Å²) in [7, 11) is 0. The highest BCUT2D eigenvalue weighted by Crippen LogP contribution is 2.44. The zero-order valence-corrected chi connectivity index (χ0v) is 10.9. The van der Waals surface area contributed by atoms with E-state index >= 15 is 0 Å². The molecule has 112 valence electrons. The van der Waals surface area contributed by atoms with Crippen LogP contribution in [0, 0.1) is 0 Å². The molecule has 0 bridgehead atoms. The number of hydrogen-bond acceptors (Lipinski definition) is 7. The van der Waals surface area contributed by atoms with E-state index in [9.17, 15) is 30.3 Å². The van der Waals surface area contributed by atoms with Gasteiger partial charge in [-0.1, -0.05) is 0 Å². The van der Waals surface area contributed by atoms with Gasteiger partial charge < -0.3 is 29.9 Å². The average molecular weight is 302 g/mol. The molecule has 2 aliphatic rings. The van der Waals surface area contributed by atoms with Crippen molar-refractivity contribution in [1.82, 2.24) is 0 Å². The number of aromatic hydroxyl groups is 5. The number of benzene rings is 2. The molecule has 1 heterocycles. The molecule has 1 aliphatic carbocycles. The largest absolute Gasteiger partial charge is 0.507 e. The second-order valence-corrected chi connectivity index (χ2v) is 4.68. The van der Waals surface area contributed by atoms with Crippen LogP contribution in [-0.4, -0.2) is 25.5 Å². The van der Waals surface area contributed by atoms with E-state index in [1.54, 1.807) is 0 Å². The first-order valence-electron chi connectivity index (χ1n) is 6.12. The summed E-state index contributed by atoms with van der Waals surface area (Å²) in [6.07, 6.45) is 0. The van der Waals surface area contributed by atoms with Gasteiger partial charge in [0.05, 0.1) is 5.56 Å². The third-order valence-electron chi connectivity index (χ3n) is 3.15. The Balaban J connectivity index is 2.31. The highest BCUT2D eigenvalue weighted by molar-refractivity contribution is 5.76. The third-order valence-corrected chi connectivity index (χ3v) is 3.15. The zero-order valence-electron chi connectivity index (χ0n) is 10.9. The number of phenolic OH excluding ortho intramolecular Hbond substituents is 4. The van der Waals surface area contributed by atoms with Crippen molar-refractivity contribution in [3.63, 3.8) is 0 Å². The molecule has 1 aromatic rings. The Bertz CT molecular complexity index is 887. The number of fused-ring (bicyclic) bond motifs is 1. The lowest BCUT2D eigenvalue weighted by Crippen LogP contribution is -1.99. The van der Waals surface area contributed by atoms with Gasteiger partial charge in [-0.15, -0.1) is 0 Å². The van der Waals surface area contributed by atoms with Crippen molar-refractivity contribution in [3.8, 4) is 51.4 Å². The molecule has 0 aromatic heterocycles. The summed E-state index contributed by atoms with van der Waals surface area (Å²) >= 11 is 0. The fourth-order valence-corrected chi connectivity index (χ4v) is 2.12. The molecule has 0 saturated carbocycles. The summed E-state index contributed by atoms with van der Waals surface area (Å²) in [4.78, 5) is 11.4. The fraction of sp³-hybridized carbons (Fsp3) is 0. The minimum Gasteiger partial charge on any atom is -0.507 e. The van der Waals surface area contributed by atoms with Gasteiger partial charge in [0.1, 0.15) is 11.5 Å². The molecule has 7 nitrogen and oxygen atoms in total. The summed E-state index contributed by atoms with van der Waals surface area (Å²) in [5.41, 5.74) is -0.280. The molecule has 0 radical (unpaired) electrons. The third kappa shape index (κ3) is 2.05. The Morgan fingerprint density at radius 3 is 2.00 bits per heavy atom. The second kappa shape index (κ2) is 4.59. The van der Waals surface area contributed by atoms with Crippen LogP contribution in [0.15, 0.2) is 39.5 Å². The molecule has 1 aliphatic heterocycles. The molecule has 3 rings (SSSR count). The molecule has 0 saturated heterocycles. The van der Waals surface area contributed by atoms with Gasteiger partial charge in [-0.2, -0.15) is 0 Å². The lowest BCUT2D eigenvalue weighted by Gasteiger charge is -2.12. The second-order valence-electron chi connectivity index (χ2n) is 4.68. The number of hydrogen-bond donors (Lipinski definition) is 5. The molecular formula is C15H10O7. The maximum atomic E-state index is 11.4. The van der Waals surface area contributed by atoms with Gasteiger partial charge in [0.2, 0.25) is 0 Å². The van der Waals surface area contributed by atoms with Gasteiger partial charge >= 0.3 is 0 Å². The van der Waals surface area contributed by atoms with E-state index < -0.39 is 22.7 Å². The van der Waals surface area contributed by atoms with Crippen molar-refractivity contribution in [1.29, 1.82) is 0 Å². The molecule has 0 unspecified atom stereocenters. The van der Waals surface area contributed by atoms with E-state index in [0.29, 0.717) is 0 Å². The Morgan fingerprint density at radius 1 is 0.727 bits per heavy atom. The first kappa shape index (κ1) is 13.6. The molecule has 7 heteroatoms. The lowest BCUT2D eigenvalue weighted by atomic mass is 10.1. The summed E-state index contributed by atoms with van der Waals surface area (Å²) in [6.45, 7) is 0. The topological polar surface area (TPSA) is 131 Å². The van der Waals surface area contributed by atoms with Crippen LogP contribution in [0.4, 0.5) is 0 Å². The molecule has 1 aromatic carbocycles. The van der Waals surface area contributed by atoms with Crippen LogP contribution in [0.3, 0.4) is 0 Å². The first-order valence-corrected chi connectivity index (χ1v) is 6.12. The SMILES string of the molecule is O=c1cc2oc(-c3cc(O)c(O)c(O)c3)c(O)cc-2c(O)c1. The Morgan fingerprint density at radius 2 is 1.36 bits per heavy atom. The van der Waals surface area contributed by atoms with Gasteiger partial charge in [-0.3, -0.25) is 4.79 Å². The lowest BCUT2D eigenvalue weighted by molar-refractivity contribution is 0.368. The smallest absolute Gasteiger partial charge is 0.200 e. The van der Waals surface area contributed by atoms with Crippen molar-refractivity contribution < 1.29 is 29.9 Å². The Labute approximate surface area is 122 Å². The van der Waals surface area contributed by atoms with Crippen LogP contribution in [0.2, 0.25) is 0 Å². The van der Waals surface area contributed by atoms with Crippen LogP contribution in [-0.2, 0) is 0 Å². The Kier molecular flexibility index (Phi) is 2.84. The minimum atomic E-state index is -0.705. The van der Waals surface area contributed by atoms with E-state index in [-0.39, 0.29) is 34.1 Å². The van der Waals surface area contributed by atoms with Crippen LogP contribution >= 0.6 is 0 Å². The van der Waals surface area contributed by atoms with E-state index in [0.717, 1.165) is 24.3 Å². The van der Waals surface area contributed by atoms with Gasteiger partial charge in [-0.25, -0.2) is 0 Å². The number of rotatable bonds is 1. The standard InChI is InChI=1S/C15H10O7/c16-7-3-9(17)8-5-12(20)15(22-13(8)4-7)6-1-10(18)14(21)11(19)2-6/h1-5,17-21H. The molecular weight excluding hydrogens is 292 g/mol. The van der Waals surface area contributed by atoms with E-state index in [4.69, 9.17) is 4.42 Å². The molecule has 0 fully saturated rings. The molecule has 0 atom stereocenters. The van der Waals surface area contributed by atoms with Crippen LogP contribution in [0.5, 0.6) is 28.7 Å². The van der Waals surface area contributed by atoms with Crippen LogP contribution in [0.1, 0.15) is 0 Å². The monoisotopic (exact) mass is 302 g/mol. The minimum absolute atomic E-state index is 0.0184. The molecule has 0 amide bonds. The summed E-state index contributed by atoms with van der Waals surface area (Å²) in [5.74, 6) is -2.78. The zero-order chi connectivity index (χ0) is 16.0. The van der Waals surface area contributed by atoms with Gasteiger partial charge in [-0.05, 0) is 18.2 Å². The van der Waals surface area contributed by atoms with Crippen molar-refractivity contribution >= 4 is 0 Å². The summed E-state index contributed by atoms with van der Waals surface area (Å²) < 4.78 is 5.38. The average Bonchev–Trinajstić information content (AvgIpc) is 2.44.